The normalized spacial score (nSPS) is 11.1. The summed E-state index contributed by atoms with van der Waals surface area (Å²) in [5, 5.41) is 7.06. The first kappa shape index (κ1) is 18.9. The lowest BCUT2D eigenvalue weighted by atomic mass is 10.1. The van der Waals surface area contributed by atoms with E-state index in [9.17, 15) is 4.79 Å². The number of unbranched alkanes of at least 4 members (excludes halogenated alkanes) is 1. The number of aryl methyl sites for hydroxylation is 3. The molecule has 7 nitrogen and oxygen atoms in total. The van der Waals surface area contributed by atoms with E-state index in [1.165, 1.54) is 0 Å². The fraction of sp³-hybridized carbons (Fsp3) is 0.273. The van der Waals surface area contributed by atoms with E-state index in [0.717, 1.165) is 41.6 Å². The molecule has 0 radical (unpaired) electrons. The van der Waals surface area contributed by atoms with Crippen molar-refractivity contribution in [2.24, 2.45) is 0 Å². The Hall–Kier alpha value is -3.48. The predicted octanol–water partition coefficient (Wildman–Crippen LogP) is 4.60. The fourth-order valence-corrected chi connectivity index (χ4v) is 3.13. The van der Waals surface area contributed by atoms with Crippen LogP contribution in [0.5, 0.6) is 0 Å². The van der Waals surface area contributed by atoms with Gasteiger partial charge in [0.2, 0.25) is 11.7 Å². The van der Waals surface area contributed by atoms with E-state index in [-0.39, 0.29) is 5.91 Å². The molecule has 4 aromatic rings. The molecule has 0 unspecified atom stereocenters. The molecule has 0 spiro atoms. The van der Waals surface area contributed by atoms with Crippen LogP contribution in [0.15, 0.2) is 47.2 Å². The van der Waals surface area contributed by atoms with Gasteiger partial charge in [0.25, 0.3) is 5.91 Å². The Morgan fingerprint density at radius 3 is 2.90 bits per heavy atom. The van der Waals surface area contributed by atoms with E-state index >= 15 is 0 Å². The summed E-state index contributed by atoms with van der Waals surface area (Å²) in [6.07, 6.45) is 6.29. The van der Waals surface area contributed by atoms with Gasteiger partial charge >= 0.3 is 0 Å². The highest BCUT2D eigenvalue weighted by atomic mass is 16.5. The molecule has 0 fully saturated rings. The maximum absolute atomic E-state index is 12.9. The second-order valence-corrected chi connectivity index (χ2v) is 7.17. The summed E-state index contributed by atoms with van der Waals surface area (Å²) in [7, 11) is 0. The molecular formula is C22H23N5O2. The summed E-state index contributed by atoms with van der Waals surface area (Å²) < 4.78 is 7.11. The van der Waals surface area contributed by atoms with E-state index < -0.39 is 0 Å². The first-order valence-electron chi connectivity index (χ1n) is 9.74. The van der Waals surface area contributed by atoms with Crippen molar-refractivity contribution in [1.29, 1.82) is 0 Å². The Balaban J connectivity index is 1.59. The van der Waals surface area contributed by atoms with Gasteiger partial charge in [0, 0.05) is 23.9 Å². The minimum atomic E-state index is -0.224. The third-order valence-corrected chi connectivity index (χ3v) is 4.86. The second-order valence-electron chi connectivity index (χ2n) is 7.17. The third kappa shape index (κ3) is 3.89. The molecular weight excluding hydrogens is 366 g/mol. The summed E-state index contributed by atoms with van der Waals surface area (Å²) in [6, 6.07) is 9.62. The van der Waals surface area contributed by atoms with Gasteiger partial charge in [0.05, 0.1) is 6.20 Å². The van der Waals surface area contributed by atoms with E-state index in [2.05, 4.69) is 27.4 Å². The number of anilines is 1. The molecule has 148 valence electrons. The molecule has 3 aromatic heterocycles. The number of carbonyl (C=O) groups is 1. The number of benzene rings is 1. The molecule has 0 aliphatic heterocycles. The summed E-state index contributed by atoms with van der Waals surface area (Å²) in [6.45, 7) is 6.06. The Labute approximate surface area is 168 Å². The van der Waals surface area contributed by atoms with Crippen molar-refractivity contribution >= 4 is 17.2 Å². The van der Waals surface area contributed by atoms with Gasteiger partial charge in [-0.3, -0.25) is 9.20 Å². The predicted molar refractivity (Wildman–Crippen MR) is 111 cm³/mol. The first-order chi connectivity index (χ1) is 14.0. The first-order valence-corrected chi connectivity index (χ1v) is 9.74. The Bertz CT molecular complexity index is 1180. The zero-order valence-electron chi connectivity index (χ0n) is 16.8. The van der Waals surface area contributed by atoms with Crippen LogP contribution in [0.2, 0.25) is 0 Å². The van der Waals surface area contributed by atoms with Crippen LogP contribution < -0.4 is 5.32 Å². The van der Waals surface area contributed by atoms with Crippen LogP contribution in [0.3, 0.4) is 0 Å². The lowest BCUT2D eigenvalue weighted by Gasteiger charge is -2.09. The second kappa shape index (κ2) is 7.87. The highest BCUT2D eigenvalue weighted by Gasteiger charge is 2.15. The van der Waals surface area contributed by atoms with Gasteiger partial charge in [-0.25, -0.2) is 4.98 Å². The number of hydrogen-bond donors (Lipinski definition) is 1. The molecule has 3 heterocycles. The lowest BCUT2D eigenvalue weighted by Crippen LogP contribution is -2.15. The maximum Gasteiger partial charge on any atom is 0.274 e. The van der Waals surface area contributed by atoms with Gasteiger partial charge < -0.3 is 9.84 Å². The van der Waals surface area contributed by atoms with E-state index in [4.69, 9.17) is 4.52 Å². The smallest absolute Gasteiger partial charge is 0.274 e. The lowest BCUT2D eigenvalue weighted by molar-refractivity contribution is 0.102. The van der Waals surface area contributed by atoms with Gasteiger partial charge in [0.15, 0.2) is 0 Å². The number of aromatic nitrogens is 4. The number of nitrogens with zero attached hydrogens (tertiary/aromatic N) is 4. The molecule has 1 N–H and O–H groups in total. The Morgan fingerprint density at radius 2 is 2.07 bits per heavy atom. The molecule has 1 amide bonds. The molecule has 0 bridgehead atoms. The van der Waals surface area contributed by atoms with Crippen molar-refractivity contribution in [3.05, 3.63) is 65.4 Å². The summed E-state index contributed by atoms with van der Waals surface area (Å²) in [5.74, 6) is 0.935. The number of pyridine rings is 1. The van der Waals surface area contributed by atoms with E-state index in [0.29, 0.717) is 23.1 Å². The van der Waals surface area contributed by atoms with Crippen molar-refractivity contribution in [2.75, 3.05) is 5.32 Å². The summed E-state index contributed by atoms with van der Waals surface area (Å²) >= 11 is 0. The van der Waals surface area contributed by atoms with Gasteiger partial charge in [-0.2, -0.15) is 4.98 Å². The molecule has 29 heavy (non-hydrogen) atoms. The topological polar surface area (TPSA) is 85.3 Å². The monoisotopic (exact) mass is 389 g/mol. The quantitative estimate of drug-likeness (QED) is 0.521. The van der Waals surface area contributed by atoms with Crippen LogP contribution in [0.4, 0.5) is 5.69 Å². The van der Waals surface area contributed by atoms with Crippen LogP contribution in [0.1, 0.15) is 47.3 Å². The van der Waals surface area contributed by atoms with Crippen molar-refractivity contribution in [2.45, 2.75) is 40.0 Å². The maximum atomic E-state index is 12.9. The largest absolute Gasteiger partial charge is 0.339 e. The number of imidazole rings is 1. The van der Waals surface area contributed by atoms with Crippen molar-refractivity contribution in [3.63, 3.8) is 0 Å². The van der Waals surface area contributed by atoms with Crippen LogP contribution in [-0.2, 0) is 6.42 Å². The van der Waals surface area contributed by atoms with Crippen LogP contribution >= 0.6 is 0 Å². The number of amides is 1. The van der Waals surface area contributed by atoms with Gasteiger partial charge in [-0.15, -0.1) is 0 Å². The average Bonchev–Trinajstić information content (AvgIpc) is 3.34. The average molecular weight is 389 g/mol. The fourth-order valence-electron chi connectivity index (χ4n) is 3.13. The molecule has 4 rings (SSSR count). The van der Waals surface area contributed by atoms with Crippen molar-refractivity contribution < 1.29 is 9.32 Å². The SMILES string of the molecule is CCCCc1nc(-c2ccc(C)c(NC(=O)c3cnc4cc(C)ccn34)c2)no1. The van der Waals surface area contributed by atoms with Gasteiger partial charge in [0.1, 0.15) is 11.3 Å². The number of carbonyl (C=O) groups excluding carboxylic acids is 1. The van der Waals surface area contributed by atoms with Crippen LogP contribution in [0, 0.1) is 13.8 Å². The summed E-state index contributed by atoms with van der Waals surface area (Å²) in [5.41, 5.74) is 4.76. The summed E-state index contributed by atoms with van der Waals surface area (Å²) in [4.78, 5) is 21.7. The van der Waals surface area contributed by atoms with Crippen molar-refractivity contribution in [1.82, 2.24) is 19.5 Å². The van der Waals surface area contributed by atoms with E-state index in [1.54, 1.807) is 10.6 Å². The zero-order valence-corrected chi connectivity index (χ0v) is 16.8. The number of fused-ring (bicyclic) bond motifs is 1. The molecule has 1 aromatic carbocycles. The standard InChI is InChI=1S/C22H23N5O2/c1-4-5-6-20-25-21(26-29-20)16-8-7-15(3)17(12-16)24-22(28)18-13-23-19-11-14(2)9-10-27(18)19/h7-13H,4-6H2,1-3H3,(H,24,28). The molecule has 0 aliphatic carbocycles. The van der Waals surface area contributed by atoms with E-state index in [1.807, 2.05) is 50.4 Å². The minimum absolute atomic E-state index is 0.224. The van der Waals surface area contributed by atoms with Crippen LogP contribution in [-0.4, -0.2) is 25.4 Å². The Morgan fingerprint density at radius 1 is 1.21 bits per heavy atom. The van der Waals surface area contributed by atoms with Gasteiger partial charge in [-0.05, 0) is 49.6 Å². The molecule has 0 saturated carbocycles. The Kier molecular flexibility index (Phi) is 5.12. The molecule has 0 atom stereocenters. The third-order valence-electron chi connectivity index (χ3n) is 4.86. The number of hydrogen-bond acceptors (Lipinski definition) is 5. The number of rotatable bonds is 6. The van der Waals surface area contributed by atoms with Crippen molar-refractivity contribution in [3.8, 4) is 11.4 Å². The molecule has 0 saturated heterocycles. The highest BCUT2D eigenvalue weighted by Crippen LogP contribution is 2.24. The number of nitrogens with one attached hydrogen (secondary N) is 1. The zero-order chi connectivity index (χ0) is 20.4. The highest BCUT2D eigenvalue weighted by molar-refractivity contribution is 6.04. The molecule has 7 heteroatoms. The van der Waals surface area contributed by atoms with Crippen LogP contribution in [0.25, 0.3) is 17.0 Å². The molecule has 0 aliphatic rings. The minimum Gasteiger partial charge on any atom is -0.339 e. The van der Waals surface area contributed by atoms with Gasteiger partial charge in [-0.1, -0.05) is 30.6 Å².